The quantitative estimate of drug-likeness (QED) is 0.340. The molecule has 0 bridgehead atoms. The van der Waals surface area contributed by atoms with Gasteiger partial charge in [-0.05, 0) is 46.0 Å². The van der Waals surface area contributed by atoms with Gasteiger partial charge >= 0.3 is 0 Å². The summed E-state index contributed by atoms with van der Waals surface area (Å²) in [6, 6.07) is 8.55. The number of aromatic nitrogens is 1. The monoisotopic (exact) mass is 526 g/mol. The molecule has 0 radical (unpaired) electrons. The van der Waals surface area contributed by atoms with Gasteiger partial charge in [0.05, 0.1) is 16.2 Å². The van der Waals surface area contributed by atoms with Gasteiger partial charge < -0.3 is 20.6 Å². The minimum Gasteiger partial charge on any atom is -0.504 e. The number of rotatable bonds is 8. The first-order valence-electron chi connectivity index (χ1n) is 12.5. The molecule has 1 fully saturated rings. The predicted octanol–water partition coefficient (Wildman–Crippen LogP) is 5.40. The van der Waals surface area contributed by atoms with Crippen LogP contribution in [0.1, 0.15) is 49.4 Å². The van der Waals surface area contributed by atoms with E-state index >= 15 is 0 Å². The van der Waals surface area contributed by atoms with Gasteiger partial charge in [0, 0.05) is 41.4 Å². The van der Waals surface area contributed by atoms with E-state index in [1.54, 1.807) is 6.20 Å². The van der Waals surface area contributed by atoms with E-state index in [1.807, 2.05) is 43.3 Å². The van der Waals surface area contributed by atoms with Crippen LogP contribution >= 0.6 is 11.6 Å². The molecule has 3 aromatic rings. The number of hydrogen-bond donors (Lipinski definition) is 3. The second kappa shape index (κ2) is 11.0. The van der Waals surface area contributed by atoms with Crippen LogP contribution in [0.15, 0.2) is 36.5 Å². The summed E-state index contributed by atoms with van der Waals surface area (Å²) in [5.74, 6) is -2.24. The number of phenols is 1. The highest BCUT2D eigenvalue weighted by Gasteiger charge is 2.40. The fourth-order valence-corrected chi connectivity index (χ4v) is 5.34. The number of nitrogens with one attached hydrogen (secondary N) is 2. The Bertz CT molecular complexity index is 1340. The summed E-state index contributed by atoms with van der Waals surface area (Å²) in [4.78, 5) is 32.8. The molecule has 2 aromatic carbocycles. The normalized spacial score (nSPS) is 15.1. The molecule has 0 saturated heterocycles. The molecular weight excluding hydrogens is 495 g/mol. The lowest BCUT2D eigenvalue weighted by Crippen LogP contribution is -2.54. The van der Waals surface area contributed by atoms with Crippen molar-refractivity contribution < 1.29 is 19.1 Å². The smallest absolute Gasteiger partial charge is 0.245 e. The van der Waals surface area contributed by atoms with Crippen molar-refractivity contribution in [2.75, 3.05) is 32.5 Å². The topological polar surface area (TPSA) is 94.6 Å². The number of hydrogen-bond acceptors (Lipinski definition) is 6. The summed E-state index contributed by atoms with van der Waals surface area (Å²) in [6.07, 6.45) is 5.60. The molecule has 1 aliphatic carbocycles. The molecule has 4 rings (SSSR count). The molecule has 1 amide bonds. The number of likely N-dealkylation sites (N-methyl/N-ethyl adjacent to an activating group) is 1. The van der Waals surface area contributed by atoms with Gasteiger partial charge in [-0.15, -0.1) is 0 Å². The van der Waals surface area contributed by atoms with Gasteiger partial charge in [-0.2, -0.15) is 0 Å². The third kappa shape index (κ3) is 5.40. The molecule has 196 valence electrons. The summed E-state index contributed by atoms with van der Waals surface area (Å²) >= 11 is 6.25. The lowest BCUT2D eigenvalue weighted by atomic mass is 9.80. The summed E-state index contributed by atoms with van der Waals surface area (Å²) < 4.78 is 14.7. The van der Waals surface area contributed by atoms with Gasteiger partial charge in [-0.25, -0.2) is 4.39 Å². The highest BCUT2D eigenvalue weighted by Crippen LogP contribution is 2.44. The van der Waals surface area contributed by atoms with E-state index in [1.165, 1.54) is 6.92 Å². The maximum Gasteiger partial charge on any atom is 0.245 e. The van der Waals surface area contributed by atoms with Crippen LogP contribution in [0.2, 0.25) is 5.02 Å². The second-order valence-corrected chi connectivity index (χ2v) is 10.3. The summed E-state index contributed by atoms with van der Waals surface area (Å²) in [7, 11) is 3.90. The summed E-state index contributed by atoms with van der Waals surface area (Å²) in [5.41, 5.74) is 0.984. The summed E-state index contributed by atoms with van der Waals surface area (Å²) in [5, 5.41) is 17.1. The molecule has 9 heteroatoms. The van der Waals surface area contributed by atoms with Crippen molar-refractivity contribution in [1.82, 2.24) is 15.2 Å². The van der Waals surface area contributed by atoms with Crippen molar-refractivity contribution in [3.05, 3.63) is 52.9 Å². The SMILES string of the molecule is CC(=O)c1c(-c2cnc3ccccc3c2NC2(C(=O)NCCN(C)C)CCCCC2)cc(F)c(O)c1Cl. The number of anilines is 1. The highest BCUT2D eigenvalue weighted by molar-refractivity contribution is 6.36. The largest absolute Gasteiger partial charge is 0.504 e. The number of phenolic OH excluding ortho intramolecular Hbond substituents is 1. The number of aromatic hydroxyl groups is 1. The average molecular weight is 527 g/mol. The number of fused-ring (bicyclic) bond motifs is 1. The van der Waals surface area contributed by atoms with Gasteiger partial charge in [-0.1, -0.05) is 49.1 Å². The van der Waals surface area contributed by atoms with E-state index in [-0.39, 0.29) is 22.1 Å². The molecule has 0 spiro atoms. The van der Waals surface area contributed by atoms with Gasteiger partial charge in [-0.3, -0.25) is 14.6 Å². The van der Waals surface area contributed by atoms with Gasteiger partial charge in [0.1, 0.15) is 5.54 Å². The minimum atomic E-state index is -0.946. The molecular formula is C28H32ClFN4O3. The van der Waals surface area contributed by atoms with Crippen LogP contribution < -0.4 is 10.6 Å². The third-order valence-electron chi connectivity index (χ3n) is 6.96. The fraction of sp³-hybridized carbons (Fsp3) is 0.393. The van der Waals surface area contributed by atoms with Crippen LogP contribution in [0.5, 0.6) is 5.75 Å². The molecule has 1 saturated carbocycles. The fourth-order valence-electron chi connectivity index (χ4n) is 5.01. The number of ketones is 1. The van der Waals surface area contributed by atoms with E-state index in [9.17, 15) is 19.1 Å². The van der Waals surface area contributed by atoms with E-state index in [4.69, 9.17) is 11.6 Å². The van der Waals surface area contributed by atoms with Crippen molar-refractivity contribution >= 4 is 39.9 Å². The predicted molar refractivity (Wildman–Crippen MR) is 145 cm³/mol. The highest BCUT2D eigenvalue weighted by atomic mass is 35.5. The minimum absolute atomic E-state index is 0.00572. The van der Waals surface area contributed by atoms with Crippen LogP contribution in [0.3, 0.4) is 0 Å². The number of para-hydroxylation sites is 1. The number of pyridine rings is 1. The van der Waals surface area contributed by atoms with Gasteiger partial charge in [0.15, 0.2) is 17.3 Å². The molecule has 1 aliphatic rings. The zero-order valence-electron chi connectivity index (χ0n) is 21.3. The van der Waals surface area contributed by atoms with Crippen molar-refractivity contribution in [2.45, 2.75) is 44.6 Å². The van der Waals surface area contributed by atoms with Crippen molar-refractivity contribution in [3.8, 4) is 16.9 Å². The van der Waals surface area contributed by atoms with E-state index in [0.29, 0.717) is 42.7 Å². The Hall–Kier alpha value is -3.23. The van der Waals surface area contributed by atoms with Crippen LogP contribution in [-0.2, 0) is 4.79 Å². The van der Waals surface area contributed by atoms with Gasteiger partial charge in [0.25, 0.3) is 0 Å². The number of benzene rings is 2. The first-order chi connectivity index (χ1) is 17.6. The Labute approximate surface area is 221 Å². The number of nitrogens with zero attached hydrogens (tertiary/aromatic N) is 2. The Balaban J connectivity index is 1.90. The first-order valence-corrected chi connectivity index (χ1v) is 12.8. The van der Waals surface area contributed by atoms with Crippen LogP contribution in [0.4, 0.5) is 10.1 Å². The molecule has 0 aliphatic heterocycles. The Morgan fingerprint density at radius 1 is 1.16 bits per heavy atom. The molecule has 1 aromatic heterocycles. The molecule has 0 unspecified atom stereocenters. The molecule has 3 N–H and O–H groups in total. The van der Waals surface area contributed by atoms with Crippen molar-refractivity contribution in [2.24, 2.45) is 0 Å². The number of amides is 1. The van der Waals surface area contributed by atoms with Crippen molar-refractivity contribution in [1.29, 1.82) is 0 Å². The maximum absolute atomic E-state index is 14.7. The standard InChI is InChI=1S/C28H32ClFN4O3/c1-17(35)23-19(15-21(30)26(36)24(23)29)20-16-32-22-10-6-5-9-18(22)25(20)33-28(11-7-4-8-12-28)27(37)31-13-14-34(2)3/h5-6,9-10,15-16,36H,4,7-8,11-14H2,1-3H3,(H,31,37)(H,32,33). The zero-order valence-corrected chi connectivity index (χ0v) is 22.1. The number of Topliss-reactive ketones (excluding diaryl/α,β-unsaturated/α-hetero) is 1. The van der Waals surface area contributed by atoms with E-state index in [0.717, 1.165) is 30.7 Å². The summed E-state index contributed by atoms with van der Waals surface area (Å²) in [6.45, 7) is 2.52. The van der Waals surface area contributed by atoms with E-state index in [2.05, 4.69) is 15.6 Å². The molecule has 7 nitrogen and oxygen atoms in total. The first kappa shape index (κ1) is 26.8. The van der Waals surface area contributed by atoms with Crippen LogP contribution in [-0.4, -0.2) is 59.4 Å². The maximum atomic E-state index is 14.7. The van der Waals surface area contributed by atoms with Gasteiger partial charge in [0.2, 0.25) is 5.91 Å². The lowest BCUT2D eigenvalue weighted by molar-refractivity contribution is -0.126. The molecule has 0 atom stereocenters. The Kier molecular flexibility index (Phi) is 7.99. The lowest BCUT2D eigenvalue weighted by Gasteiger charge is -2.38. The second-order valence-electron chi connectivity index (χ2n) is 9.89. The number of carbonyl (C=O) groups excluding carboxylic acids is 2. The number of carbonyl (C=O) groups is 2. The third-order valence-corrected chi connectivity index (χ3v) is 7.33. The van der Waals surface area contributed by atoms with E-state index < -0.39 is 22.9 Å². The zero-order chi connectivity index (χ0) is 26.7. The van der Waals surface area contributed by atoms with Crippen LogP contribution in [0, 0.1) is 5.82 Å². The van der Waals surface area contributed by atoms with Crippen molar-refractivity contribution in [3.63, 3.8) is 0 Å². The molecule has 37 heavy (non-hydrogen) atoms. The van der Waals surface area contributed by atoms with Crippen LogP contribution in [0.25, 0.3) is 22.0 Å². The Morgan fingerprint density at radius 2 is 1.86 bits per heavy atom. The molecule has 1 heterocycles. The number of halogens is 2. The average Bonchev–Trinajstić information content (AvgIpc) is 2.87. The Morgan fingerprint density at radius 3 is 2.54 bits per heavy atom.